The first kappa shape index (κ1) is 15.1. The van der Waals surface area contributed by atoms with Gasteiger partial charge in [-0.1, -0.05) is 4.68 Å². The van der Waals surface area contributed by atoms with Crippen LogP contribution in [0.15, 0.2) is 29.1 Å². The number of carbonyl (C=O) groups excluding carboxylic acids is 1. The van der Waals surface area contributed by atoms with E-state index in [0.717, 1.165) is 0 Å². The molecule has 1 amide bonds. The lowest BCUT2D eigenvalue weighted by atomic mass is 10.3. The van der Waals surface area contributed by atoms with E-state index in [4.69, 9.17) is 4.42 Å². The minimum absolute atomic E-state index is 0.0405. The van der Waals surface area contributed by atoms with Gasteiger partial charge in [0.25, 0.3) is 5.91 Å². The van der Waals surface area contributed by atoms with E-state index in [2.05, 4.69) is 15.4 Å². The minimum atomic E-state index is -4.28. The maximum atomic E-state index is 11.4. The van der Waals surface area contributed by atoms with E-state index < -0.39 is 15.9 Å². The highest BCUT2D eigenvalue weighted by Crippen LogP contribution is 2.16. The molecule has 0 bridgehead atoms. The maximum absolute atomic E-state index is 11.4. The summed E-state index contributed by atoms with van der Waals surface area (Å²) in [6, 6.07) is 1.59. The highest BCUT2D eigenvalue weighted by Gasteiger charge is 2.14. The summed E-state index contributed by atoms with van der Waals surface area (Å²) in [7, 11) is -2.80. The van der Waals surface area contributed by atoms with Crippen LogP contribution in [0, 0.1) is 0 Å². The Morgan fingerprint density at radius 2 is 2.29 bits per heavy atom. The first-order valence-corrected chi connectivity index (χ1v) is 7.44. The molecule has 0 aliphatic rings. The molecule has 0 spiro atoms. The van der Waals surface area contributed by atoms with E-state index in [0.29, 0.717) is 5.56 Å². The van der Waals surface area contributed by atoms with Gasteiger partial charge in [-0.25, -0.2) is 13.4 Å². The third kappa shape index (κ3) is 4.07. The molecule has 0 fully saturated rings. The largest absolute Gasteiger partial charge is 0.748 e. The number of hydrogen-bond acceptors (Lipinski definition) is 7. The Balaban J connectivity index is 2.12. The van der Waals surface area contributed by atoms with E-state index in [-0.39, 0.29) is 24.0 Å². The molecule has 0 atom stereocenters. The summed E-state index contributed by atoms with van der Waals surface area (Å²) in [6.07, 6.45) is 4.11. The molecule has 2 aromatic rings. The first-order valence-electron chi connectivity index (χ1n) is 5.86. The van der Waals surface area contributed by atoms with Crippen LogP contribution in [0.4, 0.5) is 0 Å². The Labute approximate surface area is 120 Å². The van der Waals surface area contributed by atoms with Crippen LogP contribution in [0.3, 0.4) is 0 Å². The van der Waals surface area contributed by atoms with Gasteiger partial charge >= 0.3 is 0 Å². The summed E-state index contributed by atoms with van der Waals surface area (Å²) in [4.78, 5) is 15.3. The molecule has 21 heavy (non-hydrogen) atoms. The number of oxazole rings is 1. The zero-order chi connectivity index (χ0) is 15.5. The zero-order valence-electron chi connectivity index (χ0n) is 11.0. The fourth-order valence-corrected chi connectivity index (χ4v) is 1.90. The number of nitrogens with one attached hydrogen (secondary N) is 1. The van der Waals surface area contributed by atoms with E-state index >= 15 is 0 Å². The van der Waals surface area contributed by atoms with Crippen molar-refractivity contribution in [1.29, 1.82) is 0 Å². The Hall–Kier alpha value is -2.33. The van der Waals surface area contributed by atoms with Crippen molar-refractivity contribution in [2.45, 2.75) is 6.54 Å². The molecule has 10 heteroatoms. The Bertz CT molecular complexity index is 738. The second-order valence-corrected chi connectivity index (χ2v) is 5.58. The molecule has 2 heterocycles. The van der Waals surface area contributed by atoms with Gasteiger partial charge in [-0.3, -0.25) is 4.79 Å². The fourth-order valence-electron chi connectivity index (χ4n) is 1.49. The molecule has 2 rings (SSSR count). The minimum Gasteiger partial charge on any atom is -0.748 e. The van der Waals surface area contributed by atoms with Gasteiger partial charge in [0.2, 0.25) is 5.89 Å². The SMILES string of the molecule is CNC(=O)c1coc(-c2cc[n+](CCS(=O)(=O)[O-])nc2)n1. The highest BCUT2D eigenvalue weighted by atomic mass is 32.2. The smallest absolute Gasteiger partial charge is 0.272 e. The second kappa shape index (κ2) is 5.97. The van der Waals surface area contributed by atoms with Crippen LogP contribution in [0.1, 0.15) is 10.5 Å². The van der Waals surface area contributed by atoms with Crippen molar-refractivity contribution < 1.29 is 26.9 Å². The van der Waals surface area contributed by atoms with Crippen molar-refractivity contribution in [1.82, 2.24) is 15.4 Å². The van der Waals surface area contributed by atoms with Crippen molar-refractivity contribution in [3.05, 3.63) is 30.4 Å². The van der Waals surface area contributed by atoms with Crippen molar-refractivity contribution in [2.24, 2.45) is 0 Å². The van der Waals surface area contributed by atoms with Gasteiger partial charge in [-0.05, 0) is 5.10 Å². The molecule has 0 unspecified atom stereocenters. The Morgan fingerprint density at radius 1 is 1.52 bits per heavy atom. The van der Waals surface area contributed by atoms with Crippen LogP contribution in [-0.2, 0) is 16.7 Å². The number of amides is 1. The molecule has 0 radical (unpaired) electrons. The third-order valence-electron chi connectivity index (χ3n) is 2.55. The van der Waals surface area contributed by atoms with Crippen molar-refractivity contribution >= 4 is 16.0 Å². The van der Waals surface area contributed by atoms with E-state index in [1.165, 1.54) is 30.4 Å². The molecule has 2 aromatic heterocycles. The van der Waals surface area contributed by atoms with Gasteiger partial charge in [0.05, 0.1) is 11.3 Å². The molecular weight excluding hydrogens is 300 g/mol. The molecule has 0 aliphatic carbocycles. The van der Waals surface area contributed by atoms with Crippen LogP contribution in [0.25, 0.3) is 11.5 Å². The molecule has 0 saturated carbocycles. The number of aryl methyl sites for hydroxylation is 1. The van der Waals surface area contributed by atoms with Gasteiger partial charge in [0, 0.05) is 13.1 Å². The number of rotatable bonds is 5. The number of hydrogen-bond donors (Lipinski definition) is 1. The number of nitrogens with zero attached hydrogens (tertiary/aromatic N) is 3. The Kier molecular flexibility index (Phi) is 4.29. The fraction of sp³-hybridized carbons (Fsp3) is 0.273. The van der Waals surface area contributed by atoms with Crippen LogP contribution in [0.5, 0.6) is 0 Å². The Morgan fingerprint density at radius 3 is 2.86 bits per heavy atom. The van der Waals surface area contributed by atoms with Crippen LogP contribution < -0.4 is 10.00 Å². The summed E-state index contributed by atoms with van der Waals surface area (Å²) < 4.78 is 38.1. The summed E-state index contributed by atoms with van der Waals surface area (Å²) in [5.74, 6) is -0.696. The predicted octanol–water partition coefficient (Wildman–Crippen LogP) is -1.07. The summed E-state index contributed by atoms with van der Waals surface area (Å²) >= 11 is 0. The molecule has 0 aromatic carbocycles. The van der Waals surface area contributed by atoms with E-state index in [1.54, 1.807) is 6.07 Å². The van der Waals surface area contributed by atoms with Gasteiger partial charge in [-0.15, -0.1) is 0 Å². The summed E-state index contributed by atoms with van der Waals surface area (Å²) in [6.45, 7) is -0.0405. The second-order valence-electron chi connectivity index (χ2n) is 4.06. The average molecular weight is 312 g/mol. The third-order valence-corrected chi connectivity index (χ3v) is 3.24. The van der Waals surface area contributed by atoms with Gasteiger partial charge in [0.15, 0.2) is 18.4 Å². The topological polar surface area (TPSA) is 129 Å². The number of carbonyl (C=O) groups is 1. The zero-order valence-corrected chi connectivity index (χ0v) is 11.8. The molecule has 112 valence electrons. The average Bonchev–Trinajstić information content (AvgIpc) is 2.94. The van der Waals surface area contributed by atoms with Crippen molar-refractivity contribution in [3.8, 4) is 11.5 Å². The number of aromatic nitrogens is 3. The molecule has 1 N–H and O–H groups in total. The van der Waals surface area contributed by atoms with Crippen LogP contribution in [0.2, 0.25) is 0 Å². The lowest BCUT2D eigenvalue weighted by molar-refractivity contribution is -0.750. The maximum Gasteiger partial charge on any atom is 0.272 e. The summed E-state index contributed by atoms with van der Waals surface area (Å²) in [5, 5.41) is 6.36. The molecule has 0 aliphatic heterocycles. The van der Waals surface area contributed by atoms with E-state index in [1.807, 2.05) is 0 Å². The summed E-state index contributed by atoms with van der Waals surface area (Å²) in [5.41, 5.74) is 0.660. The van der Waals surface area contributed by atoms with Crippen molar-refractivity contribution in [3.63, 3.8) is 0 Å². The van der Waals surface area contributed by atoms with Crippen LogP contribution >= 0.6 is 0 Å². The normalized spacial score (nSPS) is 11.3. The lowest BCUT2D eigenvalue weighted by Gasteiger charge is -2.02. The van der Waals surface area contributed by atoms with Crippen LogP contribution in [-0.4, -0.2) is 41.8 Å². The highest BCUT2D eigenvalue weighted by molar-refractivity contribution is 7.85. The molecule has 0 saturated heterocycles. The first-order chi connectivity index (χ1) is 9.89. The van der Waals surface area contributed by atoms with Crippen molar-refractivity contribution in [2.75, 3.05) is 12.8 Å². The van der Waals surface area contributed by atoms with E-state index in [9.17, 15) is 17.8 Å². The van der Waals surface area contributed by atoms with Gasteiger partial charge < -0.3 is 14.3 Å². The predicted molar refractivity (Wildman–Crippen MR) is 67.9 cm³/mol. The standard InChI is InChI=1S/C11H12N4O5S/c1-12-10(16)9-7-20-11(14-9)8-2-3-15(13-6-8)4-5-21(17,18)19/h2-3,6-7H,4-5H2,1H3,(H-,12,16,17,18,19). The molecular formula is C11H12N4O5S. The molecule has 9 nitrogen and oxygen atoms in total. The monoisotopic (exact) mass is 312 g/mol. The van der Waals surface area contributed by atoms with Gasteiger partial charge in [0.1, 0.15) is 22.6 Å². The van der Waals surface area contributed by atoms with Gasteiger partial charge in [-0.2, -0.15) is 0 Å². The lowest BCUT2D eigenvalue weighted by Crippen LogP contribution is -2.40. The quantitative estimate of drug-likeness (QED) is 0.549.